The van der Waals surface area contributed by atoms with E-state index in [4.69, 9.17) is 9.72 Å². The normalized spacial score (nSPS) is 13.7. The van der Waals surface area contributed by atoms with Crippen LogP contribution in [0.25, 0.3) is 11.3 Å². The Morgan fingerprint density at radius 3 is 2.50 bits per heavy atom. The van der Waals surface area contributed by atoms with Gasteiger partial charge in [-0.1, -0.05) is 24.6 Å². The van der Waals surface area contributed by atoms with Gasteiger partial charge in [-0.25, -0.2) is 0 Å². The summed E-state index contributed by atoms with van der Waals surface area (Å²) in [5.41, 5.74) is 4.38. The van der Waals surface area contributed by atoms with Gasteiger partial charge in [0.25, 0.3) is 0 Å². The van der Waals surface area contributed by atoms with Crippen molar-refractivity contribution in [1.82, 2.24) is 35.4 Å². The molecule has 9 nitrogen and oxygen atoms in total. The first-order chi connectivity index (χ1) is 15.1. The summed E-state index contributed by atoms with van der Waals surface area (Å²) >= 11 is 0. The lowest BCUT2D eigenvalue weighted by Gasteiger charge is -2.27. The topological polar surface area (TPSA) is 111 Å². The van der Waals surface area contributed by atoms with Crippen molar-refractivity contribution in [3.05, 3.63) is 41.1 Å². The van der Waals surface area contributed by atoms with Gasteiger partial charge in [0.15, 0.2) is 5.82 Å². The average Bonchev–Trinajstić information content (AvgIpc) is 3.32. The molecule has 1 unspecified atom stereocenters. The van der Waals surface area contributed by atoms with Crippen LogP contribution in [0.15, 0.2) is 18.3 Å². The van der Waals surface area contributed by atoms with Crippen molar-refractivity contribution in [1.29, 1.82) is 0 Å². The van der Waals surface area contributed by atoms with Crippen LogP contribution in [0.4, 0.5) is 0 Å². The molecule has 0 radical (unpaired) electrons. The van der Waals surface area contributed by atoms with Gasteiger partial charge in [0, 0.05) is 30.4 Å². The van der Waals surface area contributed by atoms with Crippen molar-refractivity contribution in [3.8, 4) is 11.3 Å². The maximum Gasteiger partial charge on any atom is 0.310 e. The third-order valence-electron chi connectivity index (χ3n) is 5.53. The molecule has 0 saturated heterocycles. The van der Waals surface area contributed by atoms with Gasteiger partial charge in [-0.2, -0.15) is 10.3 Å². The summed E-state index contributed by atoms with van der Waals surface area (Å²) in [5, 5.41) is 19.1. The molecule has 3 aromatic rings. The van der Waals surface area contributed by atoms with Crippen LogP contribution in [-0.4, -0.2) is 47.0 Å². The van der Waals surface area contributed by atoms with Gasteiger partial charge in [0.05, 0.1) is 17.3 Å². The summed E-state index contributed by atoms with van der Waals surface area (Å²) in [4.78, 5) is 17.8. The number of hydrogen-bond donors (Lipinski definition) is 1. The SMILES string of the molecule is CCCC(C(=O)OC(C)(C)C)[C@H](Cc1ccc(-c2c(C)nn(C)c2C)nc1)c1nn[nH]n1. The van der Waals surface area contributed by atoms with Gasteiger partial charge in [-0.05, 0) is 59.1 Å². The highest BCUT2D eigenvalue weighted by Gasteiger charge is 2.35. The number of ether oxygens (including phenoxy) is 1. The molecular weight excluding hydrogens is 406 g/mol. The molecule has 0 saturated carbocycles. The first kappa shape index (κ1) is 23.6. The number of tetrazole rings is 1. The van der Waals surface area contributed by atoms with Crippen LogP contribution in [0.3, 0.4) is 0 Å². The molecule has 0 aliphatic heterocycles. The second kappa shape index (κ2) is 9.58. The lowest BCUT2D eigenvalue weighted by molar-refractivity contribution is -0.161. The van der Waals surface area contributed by atoms with Gasteiger partial charge in [-0.3, -0.25) is 14.5 Å². The number of rotatable bonds is 8. The van der Waals surface area contributed by atoms with E-state index in [1.54, 1.807) is 0 Å². The minimum atomic E-state index is -0.562. The second-order valence-electron chi connectivity index (χ2n) is 9.23. The standard InChI is InChI=1S/C23H33N7O2/c1-8-9-17(22(31)32-23(4,5)6)18(21-25-28-29-26-21)12-16-10-11-19(24-13-16)20-14(2)27-30(7)15(20)3/h10-11,13,17-18H,8-9,12H2,1-7H3,(H,25,26,28,29)/t17?,18-/m0/s1. The van der Waals surface area contributed by atoms with Gasteiger partial charge in [0.1, 0.15) is 5.60 Å². The van der Waals surface area contributed by atoms with Crippen molar-refractivity contribution in [2.45, 2.75) is 72.3 Å². The molecule has 172 valence electrons. The summed E-state index contributed by atoms with van der Waals surface area (Å²) in [5.74, 6) is -0.366. The van der Waals surface area contributed by atoms with E-state index in [-0.39, 0.29) is 17.8 Å². The van der Waals surface area contributed by atoms with Crippen LogP contribution in [0.1, 0.15) is 69.2 Å². The number of carbonyl (C=O) groups is 1. The smallest absolute Gasteiger partial charge is 0.310 e. The van der Waals surface area contributed by atoms with E-state index in [0.717, 1.165) is 34.6 Å². The third-order valence-corrected chi connectivity index (χ3v) is 5.53. The molecule has 3 aromatic heterocycles. The van der Waals surface area contributed by atoms with E-state index in [9.17, 15) is 4.79 Å². The van der Waals surface area contributed by atoms with Crippen molar-refractivity contribution in [2.24, 2.45) is 13.0 Å². The molecule has 0 aliphatic carbocycles. The number of H-pyrrole nitrogens is 1. The van der Waals surface area contributed by atoms with Crippen LogP contribution in [-0.2, 0) is 23.0 Å². The fourth-order valence-electron chi connectivity index (χ4n) is 4.00. The third kappa shape index (κ3) is 5.38. The summed E-state index contributed by atoms with van der Waals surface area (Å²) < 4.78 is 7.59. The molecule has 0 aromatic carbocycles. The van der Waals surface area contributed by atoms with Crippen LogP contribution in [0.2, 0.25) is 0 Å². The second-order valence-corrected chi connectivity index (χ2v) is 9.23. The zero-order valence-corrected chi connectivity index (χ0v) is 20.0. The van der Waals surface area contributed by atoms with Crippen molar-refractivity contribution in [3.63, 3.8) is 0 Å². The maximum atomic E-state index is 13.1. The van der Waals surface area contributed by atoms with E-state index in [1.165, 1.54) is 0 Å². The van der Waals surface area contributed by atoms with E-state index in [1.807, 2.05) is 64.7 Å². The largest absolute Gasteiger partial charge is 0.460 e. The number of esters is 1. The number of pyridine rings is 1. The Kier molecular flexibility index (Phi) is 7.06. The Morgan fingerprint density at radius 2 is 2.00 bits per heavy atom. The van der Waals surface area contributed by atoms with E-state index < -0.39 is 5.60 Å². The van der Waals surface area contributed by atoms with Crippen LogP contribution in [0.5, 0.6) is 0 Å². The van der Waals surface area contributed by atoms with Gasteiger partial charge >= 0.3 is 5.97 Å². The minimum Gasteiger partial charge on any atom is -0.460 e. The number of nitrogens with zero attached hydrogens (tertiary/aromatic N) is 6. The molecule has 0 aliphatic rings. The van der Waals surface area contributed by atoms with Gasteiger partial charge in [0.2, 0.25) is 0 Å². The number of hydrogen-bond acceptors (Lipinski definition) is 7. The molecule has 9 heteroatoms. The highest BCUT2D eigenvalue weighted by atomic mass is 16.6. The van der Waals surface area contributed by atoms with Crippen LogP contribution in [0, 0.1) is 19.8 Å². The van der Waals surface area contributed by atoms with Gasteiger partial charge < -0.3 is 4.74 Å². The predicted molar refractivity (Wildman–Crippen MR) is 121 cm³/mol. The van der Waals surface area contributed by atoms with Crippen molar-refractivity contribution < 1.29 is 9.53 Å². The Balaban J connectivity index is 1.89. The Bertz CT molecular complexity index is 1030. The Hall–Kier alpha value is -3.10. The van der Waals surface area contributed by atoms with Crippen molar-refractivity contribution in [2.75, 3.05) is 0 Å². The number of nitrogens with one attached hydrogen (secondary N) is 1. The fourth-order valence-corrected chi connectivity index (χ4v) is 4.00. The first-order valence-electron chi connectivity index (χ1n) is 11.0. The first-order valence-corrected chi connectivity index (χ1v) is 11.0. The molecule has 1 N–H and O–H groups in total. The number of aromatic amines is 1. The summed E-state index contributed by atoms with van der Waals surface area (Å²) in [6.45, 7) is 11.7. The zero-order chi connectivity index (χ0) is 23.5. The highest BCUT2D eigenvalue weighted by molar-refractivity contribution is 5.74. The van der Waals surface area contributed by atoms with E-state index in [0.29, 0.717) is 18.7 Å². The molecule has 3 heterocycles. The lowest BCUT2D eigenvalue weighted by Crippen LogP contribution is -2.33. The molecular formula is C23H33N7O2. The van der Waals surface area contributed by atoms with Gasteiger partial charge in [-0.15, -0.1) is 10.2 Å². The number of carbonyl (C=O) groups excluding carboxylic acids is 1. The molecule has 3 rings (SSSR count). The molecule has 2 atom stereocenters. The fraction of sp³-hybridized carbons (Fsp3) is 0.565. The van der Waals surface area contributed by atoms with Crippen LogP contribution >= 0.6 is 0 Å². The molecule has 0 fully saturated rings. The Labute approximate surface area is 189 Å². The Morgan fingerprint density at radius 1 is 1.25 bits per heavy atom. The summed E-state index contributed by atoms with van der Waals surface area (Å²) in [7, 11) is 1.93. The van der Waals surface area contributed by atoms with E-state index >= 15 is 0 Å². The molecule has 32 heavy (non-hydrogen) atoms. The predicted octanol–water partition coefficient (Wildman–Crippen LogP) is 3.70. The highest BCUT2D eigenvalue weighted by Crippen LogP contribution is 2.32. The number of aryl methyl sites for hydroxylation is 2. The maximum absolute atomic E-state index is 13.1. The summed E-state index contributed by atoms with van der Waals surface area (Å²) in [6.07, 6.45) is 3.93. The number of aromatic nitrogens is 7. The molecule has 0 amide bonds. The lowest BCUT2D eigenvalue weighted by atomic mass is 9.83. The van der Waals surface area contributed by atoms with E-state index in [2.05, 4.69) is 32.6 Å². The monoisotopic (exact) mass is 439 g/mol. The molecule has 0 bridgehead atoms. The minimum absolute atomic E-state index is 0.236. The average molecular weight is 440 g/mol. The van der Waals surface area contributed by atoms with Crippen LogP contribution < -0.4 is 0 Å². The molecule has 0 spiro atoms. The quantitative estimate of drug-likeness (QED) is 0.533. The zero-order valence-electron chi connectivity index (χ0n) is 20.0. The van der Waals surface area contributed by atoms with Crippen molar-refractivity contribution >= 4 is 5.97 Å². The summed E-state index contributed by atoms with van der Waals surface area (Å²) in [6, 6.07) is 4.04.